The fourth-order valence-corrected chi connectivity index (χ4v) is 6.58. The molecular formula is C32H32N4O4S. The molecule has 0 unspecified atom stereocenters. The summed E-state index contributed by atoms with van der Waals surface area (Å²) in [5.74, 6) is 1.81. The monoisotopic (exact) mass is 568 g/mol. The number of hydrogen-bond donors (Lipinski definition) is 1. The number of thioether (sulfide) groups is 1. The van der Waals surface area contributed by atoms with Crippen LogP contribution >= 0.6 is 11.8 Å². The maximum Gasteiger partial charge on any atom is 0.240 e. The zero-order valence-corrected chi connectivity index (χ0v) is 24.3. The number of fused-ring (bicyclic) bond motifs is 2. The lowest BCUT2D eigenvalue weighted by molar-refractivity contribution is -0.123. The van der Waals surface area contributed by atoms with E-state index in [-0.39, 0.29) is 42.2 Å². The van der Waals surface area contributed by atoms with Gasteiger partial charge < -0.3 is 14.8 Å². The van der Waals surface area contributed by atoms with E-state index >= 15 is 0 Å². The quantitative estimate of drug-likeness (QED) is 0.327. The van der Waals surface area contributed by atoms with E-state index in [9.17, 15) is 9.59 Å². The lowest BCUT2D eigenvalue weighted by atomic mass is 9.99. The number of carbonyl (C=O) groups is 2. The number of hydrogen-bond acceptors (Lipinski definition) is 6. The fraction of sp³-hybridized carbons (Fsp3) is 0.281. The van der Waals surface area contributed by atoms with Gasteiger partial charge in [-0.05, 0) is 57.0 Å². The van der Waals surface area contributed by atoms with Crippen molar-refractivity contribution in [1.29, 1.82) is 0 Å². The lowest BCUT2D eigenvalue weighted by Crippen LogP contribution is -2.44. The summed E-state index contributed by atoms with van der Waals surface area (Å²) < 4.78 is 13.1. The largest absolute Gasteiger partial charge is 0.454 e. The topological polar surface area (TPSA) is 85.7 Å². The fourth-order valence-electron chi connectivity index (χ4n) is 5.39. The van der Waals surface area contributed by atoms with Gasteiger partial charge in [0, 0.05) is 17.2 Å². The minimum Gasteiger partial charge on any atom is -0.454 e. The van der Waals surface area contributed by atoms with E-state index in [4.69, 9.17) is 14.6 Å². The van der Waals surface area contributed by atoms with Gasteiger partial charge in [0.15, 0.2) is 11.5 Å². The molecule has 0 saturated heterocycles. The predicted molar refractivity (Wildman–Crippen MR) is 161 cm³/mol. The Morgan fingerprint density at radius 2 is 1.83 bits per heavy atom. The summed E-state index contributed by atoms with van der Waals surface area (Å²) in [7, 11) is 0. The second-order valence-corrected chi connectivity index (χ2v) is 11.8. The Labute approximate surface area is 243 Å². The Kier molecular flexibility index (Phi) is 7.21. The standard InChI is InChI=1S/C32H32N4O4S/c1-19(2)33-27(37)16-35-28(38)17-41-31(23-11-13-25-26(15-23)40-18-39-25)29-30(22-8-6-5-7-9-22)34-36(32(29)35)24-12-10-20(3)14-21(24)4/h5-15,19,31H,16-18H2,1-4H3,(H,33,37)/t31-/m1/s1. The third-order valence-electron chi connectivity index (χ3n) is 7.17. The molecule has 6 rings (SSSR count). The molecule has 210 valence electrons. The van der Waals surface area contributed by atoms with Crippen molar-refractivity contribution in [3.8, 4) is 28.4 Å². The van der Waals surface area contributed by atoms with E-state index < -0.39 is 0 Å². The van der Waals surface area contributed by atoms with Gasteiger partial charge in [0.1, 0.15) is 12.4 Å². The summed E-state index contributed by atoms with van der Waals surface area (Å²) >= 11 is 1.53. The number of ether oxygens (including phenoxy) is 2. The molecule has 0 saturated carbocycles. The van der Waals surface area contributed by atoms with Gasteiger partial charge in [-0.25, -0.2) is 4.68 Å². The SMILES string of the molecule is Cc1ccc(-n2nc(-c3ccccc3)c3c2N(CC(=O)NC(C)C)C(=O)CS[C@@H]3c2ccc3c(c2)OCO3)c(C)c1. The minimum atomic E-state index is -0.253. The van der Waals surface area contributed by atoms with Crippen LogP contribution in [-0.2, 0) is 9.59 Å². The van der Waals surface area contributed by atoms with Gasteiger partial charge in [0.2, 0.25) is 18.6 Å². The molecular weight excluding hydrogens is 536 g/mol. The van der Waals surface area contributed by atoms with Crippen molar-refractivity contribution in [2.45, 2.75) is 39.0 Å². The van der Waals surface area contributed by atoms with Crippen molar-refractivity contribution in [2.75, 3.05) is 24.0 Å². The van der Waals surface area contributed by atoms with Crippen LogP contribution in [-0.4, -0.2) is 46.7 Å². The number of aryl methyl sites for hydroxylation is 2. The molecule has 0 aliphatic carbocycles. The molecule has 1 N–H and O–H groups in total. The first kappa shape index (κ1) is 27.0. The molecule has 41 heavy (non-hydrogen) atoms. The van der Waals surface area contributed by atoms with Crippen molar-refractivity contribution in [1.82, 2.24) is 15.1 Å². The molecule has 0 fully saturated rings. The van der Waals surface area contributed by atoms with Crippen LogP contribution in [0.1, 0.15) is 41.4 Å². The summed E-state index contributed by atoms with van der Waals surface area (Å²) in [4.78, 5) is 28.6. The van der Waals surface area contributed by atoms with Crippen molar-refractivity contribution in [2.24, 2.45) is 0 Å². The average Bonchev–Trinajstić information content (AvgIpc) is 3.54. The number of amides is 2. The van der Waals surface area contributed by atoms with Gasteiger partial charge in [0.05, 0.1) is 22.4 Å². The molecule has 9 heteroatoms. The second kappa shape index (κ2) is 11.0. The molecule has 3 heterocycles. The molecule has 2 aliphatic heterocycles. The van der Waals surface area contributed by atoms with Crippen molar-refractivity contribution in [3.05, 3.63) is 89.0 Å². The number of benzene rings is 3. The average molecular weight is 569 g/mol. The van der Waals surface area contributed by atoms with Crippen molar-refractivity contribution < 1.29 is 19.1 Å². The van der Waals surface area contributed by atoms with E-state index in [0.717, 1.165) is 39.2 Å². The second-order valence-electron chi connectivity index (χ2n) is 10.7. The highest BCUT2D eigenvalue weighted by atomic mass is 32.2. The van der Waals surface area contributed by atoms with Crippen LogP contribution < -0.4 is 19.7 Å². The summed E-state index contributed by atoms with van der Waals surface area (Å²) in [6.07, 6.45) is 0. The zero-order chi connectivity index (χ0) is 28.7. The number of carbonyl (C=O) groups excluding carboxylic acids is 2. The molecule has 2 amide bonds. The maximum atomic E-state index is 13.9. The number of nitrogens with zero attached hydrogens (tertiary/aromatic N) is 3. The first-order valence-corrected chi connectivity index (χ1v) is 14.7. The van der Waals surface area contributed by atoms with Gasteiger partial charge in [0.25, 0.3) is 0 Å². The minimum absolute atomic E-state index is 0.0519. The molecule has 3 aromatic carbocycles. The summed E-state index contributed by atoms with van der Waals surface area (Å²) in [5, 5.41) is 7.88. The molecule has 2 aliphatic rings. The predicted octanol–water partition coefficient (Wildman–Crippen LogP) is 5.58. The Hall–Kier alpha value is -4.24. The van der Waals surface area contributed by atoms with E-state index in [0.29, 0.717) is 17.3 Å². The van der Waals surface area contributed by atoms with Crippen LogP contribution in [0.5, 0.6) is 11.5 Å². The summed E-state index contributed by atoms with van der Waals surface area (Å²) in [5.41, 5.74) is 6.55. The number of rotatable bonds is 6. The van der Waals surface area contributed by atoms with Gasteiger partial charge in [-0.2, -0.15) is 5.10 Å². The van der Waals surface area contributed by atoms with Gasteiger partial charge in [-0.3, -0.25) is 14.5 Å². The first-order valence-electron chi connectivity index (χ1n) is 13.7. The Morgan fingerprint density at radius 3 is 2.59 bits per heavy atom. The van der Waals surface area contributed by atoms with Crippen molar-refractivity contribution >= 4 is 29.4 Å². The molecule has 1 atom stereocenters. The first-order chi connectivity index (χ1) is 19.8. The number of nitrogens with one attached hydrogen (secondary N) is 1. The molecule has 0 bridgehead atoms. The third kappa shape index (κ3) is 5.17. The van der Waals surface area contributed by atoms with Crippen LogP contribution in [0.2, 0.25) is 0 Å². The Morgan fingerprint density at radius 1 is 1.05 bits per heavy atom. The van der Waals surface area contributed by atoms with Gasteiger partial charge in [-0.15, -0.1) is 11.8 Å². The highest BCUT2D eigenvalue weighted by molar-refractivity contribution is 8.00. The highest BCUT2D eigenvalue weighted by Gasteiger charge is 2.38. The van der Waals surface area contributed by atoms with Crippen LogP contribution in [0, 0.1) is 13.8 Å². The van der Waals surface area contributed by atoms with Crippen LogP contribution in [0.4, 0.5) is 5.82 Å². The zero-order valence-electron chi connectivity index (χ0n) is 23.5. The van der Waals surface area contributed by atoms with Gasteiger partial charge >= 0.3 is 0 Å². The van der Waals surface area contributed by atoms with E-state index in [1.807, 2.05) is 93.0 Å². The summed E-state index contributed by atoms with van der Waals surface area (Å²) in [6, 6.07) is 22.0. The normalized spacial score (nSPS) is 16.1. The number of aromatic nitrogens is 2. The summed E-state index contributed by atoms with van der Waals surface area (Å²) in [6.45, 7) is 7.98. The lowest BCUT2D eigenvalue weighted by Gasteiger charge is -2.24. The van der Waals surface area contributed by atoms with E-state index in [2.05, 4.69) is 11.4 Å². The molecule has 8 nitrogen and oxygen atoms in total. The Bertz CT molecular complexity index is 1630. The van der Waals surface area contributed by atoms with E-state index in [1.54, 1.807) is 4.90 Å². The van der Waals surface area contributed by atoms with E-state index in [1.165, 1.54) is 11.8 Å². The Balaban J connectivity index is 1.63. The molecule has 1 aromatic heterocycles. The maximum absolute atomic E-state index is 13.9. The van der Waals surface area contributed by atoms with Crippen molar-refractivity contribution in [3.63, 3.8) is 0 Å². The molecule has 0 radical (unpaired) electrons. The van der Waals surface area contributed by atoms with Crippen LogP contribution in [0.3, 0.4) is 0 Å². The van der Waals surface area contributed by atoms with Crippen LogP contribution in [0.15, 0.2) is 66.7 Å². The smallest absolute Gasteiger partial charge is 0.240 e. The van der Waals surface area contributed by atoms with Gasteiger partial charge in [-0.1, -0.05) is 54.1 Å². The van der Waals surface area contributed by atoms with Crippen LogP contribution in [0.25, 0.3) is 16.9 Å². The molecule has 0 spiro atoms. The third-order valence-corrected chi connectivity index (χ3v) is 8.42. The molecule has 4 aromatic rings. The number of anilines is 1. The highest BCUT2D eigenvalue weighted by Crippen LogP contribution is 2.50.